The zero-order valence-corrected chi connectivity index (χ0v) is 25.6. The lowest BCUT2D eigenvalue weighted by Gasteiger charge is -2.32. The van der Waals surface area contributed by atoms with Gasteiger partial charge in [-0.05, 0) is 55.8 Å². The van der Waals surface area contributed by atoms with E-state index in [-0.39, 0.29) is 0 Å². The first kappa shape index (κ1) is 27.1. The summed E-state index contributed by atoms with van der Waals surface area (Å²) in [6.07, 6.45) is 0. The highest BCUT2D eigenvalue weighted by atomic mass is 15.0. The van der Waals surface area contributed by atoms with Crippen molar-refractivity contribution in [2.24, 2.45) is 0 Å². The number of benzene rings is 7. The summed E-state index contributed by atoms with van der Waals surface area (Å²) in [5.74, 6) is 2.02. The van der Waals surface area contributed by atoms with Gasteiger partial charge in [-0.2, -0.15) is 0 Å². The number of fused-ring (bicyclic) bond motifs is 4. The van der Waals surface area contributed by atoms with Crippen LogP contribution in [0.3, 0.4) is 0 Å². The maximum Gasteiger partial charge on any atom is 0.163 e. The molecule has 1 heterocycles. The van der Waals surface area contributed by atoms with Crippen LogP contribution in [-0.2, 0) is 5.41 Å². The topological polar surface area (TPSA) is 38.7 Å². The molecule has 0 radical (unpaired) electrons. The van der Waals surface area contributed by atoms with Crippen molar-refractivity contribution in [3.05, 3.63) is 198 Å². The zero-order valence-electron chi connectivity index (χ0n) is 25.6. The smallest absolute Gasteiger partial charge is 0.163 e. The van der Waals surface area contributed by atoms with E-state index in [1.54, 1.807) is 0 Å². The summed E-state index contributed by atoms with van der Waals surface area (Å²) < 4.78 is 0. The Labute approximate surface area is 273 Å². The van der Waals surface area contributed by atoms with E-state index < -0.39 is 5.41 Å². The van der Waals surface area contributed by atoms with E-state index in [4.69, 9.17) is 15.0 Å². The van der Waals surface area contributed by atoms with E-state index in [0.717, 1.165) is 22.1 Å². The van der Waals surface area contributed by atoms with Gasteiger partial charge in [-0.3, -0.25) is 0 Å². The van der Waals surface area contributed by atoms with E-state index in [9.17, 15) is 0 Å². The van der Waals surface area contributed by atoms with Crippen LogP contribution in [0.15, 0.2) is 176 Å². The van der Waals surface area contributed by atoms with Crippen molar-refractivity contribution in [2.75, 3.05) is 0 Å². The van der Waals surface area contributed by atoms with Gasteiger partial charge < -0.3 is 0 Å². The van der Waals surface area contributed by atoms with Crippen molar-refractivity contribution < 1.29 is 0 Å². The molecule has 0 aliphatic heterocycles. The van der Waals surface area contributed by atoms with Crippen LogP contribution in [-0.4, -0.2) is 15.0 Å². The van der Waals surface area contributed by atoms with Gasteiger partial charge in [-0.25, -0.2) is 15.0 Å². The third-order valence-corrected chi connectivity index (χ3v) is 9.39. The minimum atomic E-state index is -0.763. The lowest BCUT2D eigenvalue weighted by atomic mass is 9.71. The van der Waals surface area contributed by atoms with Gasteiger partial charge in [-0.15, -0.1) is 0 Å². The number of rotatable bonds is 5. The quantitative estimate of drug-likeness (QED) is 0.198. The van der Waals surface area contributed by atoms with Crippen LogP contribution in [0.4, 0.5) is 0 Å². The Balaban J connectivity index is 1.36. The van der Waals surface area contributed by atoms with E-state index in [0.29, 0.717) is 17.5 Å². The molecule has 0 saturated carbocycles. The Morgan fingerprint density at radius 3 is 1.49 bits per heavy atom. The largest absolute Gasteiger partial charge is 0.211 e. The van der Waals surface area contributed by atoms with Crippen LogP contribution in [0.25, 0.3) is 55.8 Å². The van der Waals surface area contributed by atoms with E-state index in [1.807, 2.05) is 18.2 Å². The lowest BCUT2D eigenvalue weighted by Crippen LogP contribution is -2.31. The third-order valence-electron chi connectivity index (χ3n) is 9.39. The highest BCUT2D eigenvalue weighted by Crippen LogP contribution is 2.55. The fourth-order valence-corrected chi connectivity index (χ4v) is 7.18. The molecule has 3 heteroatoms. The van der Waals surface area contributed by atoms with Gasteiger partial charge in [0.1, 0.15) is 5.41 Å². The van der Waals surface area contributed by atoms with Crippen molar-refractivity contribution in [3.63, 3.8) is 0 Å². The molecule has 0 bridgehead atoms. The van der Waals surface area contributed by atoms with E-state index in [2.05, 4.69) is 158 Å². The first-order valence-corrected chi connectivity index (χ1v) is 16.0. The molecule has 7 aromatic carbocycles. The van der Waals surface area contributed by atoms with Crippen LogP contribution in [0, 0.1) is 0 Å². The number of hydrogen-bond acceptors (Lipinski definition) is 3. The molecule has 47 heavy (non-hydrogen) atoms. The Morgan fingerprint density at radius 2 is 0.830 bits per heavy atom. The Hall–Kier alpha value is -6.19. The summed E-state index contributed by atoms with van der Waals surface area (Å²) in [4.78, 5) is 15.9. The van der Waals surface area contributed by atoms with Crippen molar-refractivity contribution in [1.29, 1.82) is 0 Å². The van der Waals surface area contributed by atoms with Crippen LogP contribution >= 0.6 is 0 Å². The first-order valence-electron chi connectivity index (χ1n) is 16.0. The molecule has 9 rings (SSSR count). The molecule has 0 atom stereocenters. The van der Waals surface area contributed by atoms with Gasteiger partial charge in [0.15, 0.2) is 17.5 Å². The summed E-state index contributed by atoms with van der Waals surface area (Å²) in [7, 11) is 0. The molecule has 0 saturated heterocycles. The van der Waals surface area contributed by atoms with Gasteiger partial charge in [0.05, 0.1) is 0 Å². The second kappa shape index (κ2) is 11.0. The minimum absolute atomic E-state index is 0.654. The summed E-state index contributed by atoms with van der Waals surface area (Å²) >= 11 is 0. The van der Waals surface area contributed by atoms with E-state index >= 15 is 0 Å². The van der Waals surface area contributed by atoms with Crippen molar-refractivity contribution in [3.8, 4) is 45.0 Å². The molecular formula is C44H29N3. The van der Waals surface area contributed by atoms with Gasteiger partial charge in [0.2, 0.25) is 0 Å². The van der Waals surface area contributed by atoms with Gasteiger partial charge in [0.25, 0.3) is 0 Å². The summed E-state index contributed by atoms with van der Waals surface area (Å²) in [5, 5.41) is 2.33. The highest BCUT2D eigenvalue weighted by molar-refractivity contribution is 5.88. The molecule has 1 aliphatic rings. The molecule has 0 spiro atoms. The Bertz CT molecular complexity index is 2350. The predicted molar refractivity (Wildman–Crippen MR) is 191 cm³/mol. The van der Waals surface area contributed by atoms with Crippen LogP contribution in [0.2, 0.25) is 0 Å². The molecule has 1 aliphatic carbocycles. The normalized spacial score (nSPS) is 12.9. The molecule has 0 N–H and O–H groups in total. The van der Waals surface area contributed by atoms with Crippen LogP contribution in [0.5, 0.6) is 0 Å². The molecule has 220 valence electrons. The van der Waals surface area contributed by atoms with Gasteiger partial charge in [0, 0.05) is 11.1 Å². The molecule has 1 aromatic heterocycles. The summed E-state index contributed by atoms with van der Waals surface area (Å²) in [5.41, 5.74) is 9.35. The summed E-state index contributed by atoms with van der Waals surface area (Å²) in [6, 6.07) is 62.0. The average molecular weight is 600 g/mol. The standard InChI is InChI=1S/C44H29N3/c1-3-13-30(14-4-1)32-25-27-36(28-26-32)44(39-21-11-9-19-37(39)38-20-10-12-22-40(38)44)43-46-41(33-16-5-2-6-17-33)45-42(47-43)35-24-23-31-15-7-8-18-34(31)29-35/h1-29H. The maximum atomic E-state index is 5.42. The number of hydrogen-bond donors (Lipinski definition) is 0. The van der Waals surface area contributed by atoms with Crippen LogP contribution < -0.4 is 0 Å². The summed E-state index contributed by atoms with van der Waals surface area (Å²) in [6.45, 7) is 0. The second-order valence-electron chi connectivity index (χ2n) is 12.0. The van der Waals surface area contributed by atoms with Gasteiger partial charge in [-0.1, -0.05) is 170 Å². The molecule has 0 amide bonds. The highest BCUT2D eigenvalue weighted by Gasteiger charge is 2.48. The minimum Gasteiger partial charge on any atom is -0.211 e. The van der Waals surface area contributed by atoms with Crippen molar-refractivity contribution in [1.82, 2.24) is 15.0 Å². The molecular weight excluding hydrogens is 571 g/mol. The van der Waals surface area contributed by atoms with Crippen molar-refractivity contribution in [2.45, 2.75) is 5.41 Å². The SMILES string of the molecule is c1ccc(-c2ccc(C3(c4nc(-c5ccccc5)nc(-c5ccc6ccccc6c5)n4)c4ccccc4-c4ccccc43)cc2)cc1. The molecule has 8 aromatic rings. The van der Waals surface area contributed by atoms with Crippen molar-refractivity contribution >= 4 is 10.8 Å². The zero-order chi connectivity index (χ0) is 31.2. The Morgan fingerprint density at radius 1 is 0.340 bits per heavy atom. The molecule has 3 nitrogen and oxygen atoms in total. The maximum absolute atomic E-state index is 5.42. The fourth-order valence-electron chi connectivity index (χ4n) is 7.18. The lowest BCUT2D eigenvalue weighted by molar-refractivity contribution is 0.692. The fraction of sp³-hybridized carbons (Fsp3) is 0.0227. The molecule has 0 unspecified atom stereocenters. The average Bonchev–Trinajstić information content (AvgIpc) is 3.46. The Kier molecular flexibility index (Phi) is 6.36. The number of nitrogens with zero attached hydrogens (tertiary/aromatic N) is 3. The molecule has 0 fully saturated rings. The monoisotopic (exact) mass is 599 g/mol. The number of aromatic nitrogens is 3. The van der Waals surface area contributed by atoms with E-state index in [1.165, 1.54) is 38.8 Å². The van der Waals surface area contributed by atoms with Gasteiger partial charge >= 0.3 is 0 Å². The predicted octanol–water partition coefficient (Wildman–Crippen LogP) is 10.4. The first-order chi connectivity index (χ1) is 23.3. The second-order valence-corrected chi connectivity index (χ2v) is 12.0. The third kappa shape index (κ3) is 4.39. The van der Waals surface area contributed by atoms with Crippen LogP contribution in [0.1, 0.15) is 22.5 Å².